The second-order valence-electron chi connectivity index (χ2n) is 8.35. The standard InChI is InChI=1S/C27H25N3O6S/c1-15-9-4-5-10-17(15)26(33)36-20-13-7-6-11-18(20)16(2)29-30-24(32)23(31)28-25-22(27(34)35-3)19-12-8-14-21(19)37-25/h4-7,9-11,13H,8,12,14H2,1-3H3,(H,28,31)(H,30,32)/b29-16+. The van der Waals surface area contributed by atoms with Crippen molar-refractivity contribution < 1.29 is 28.7 Å². The molecule has 1 aliphatic carbocycles. The molecular weight excluding hydrogens is 494 g/mol. The molecule has 9 nitrogen and oxygen atoms in total. The van der Waals surface area contributed by atoms with Gasteiger partial charge in [0.1, 0.15) is 10.8 Å². The number of esters is 2. The van der Waals surface area contributed by atoms with Crippen LogP contribution < -0.4 is 15.5 Å². The number of anilines is 1. The Labute approximate surface area is 217 Å². The maximum Gasteiger partial charge on any atom is 0.343 e. The van der Waals surface area contributed by atoms with E-state index < -0.39 is 23.8 Å². The summed E-state index contributed by atoms with van der Waals surface area (Å²) in [4.78, 5) is 51.0. The molecule has 0 fully saturated rings. The molecular formula is C27H25N3O6S. The number of carbonyl (C=O) groups excluding carboxylic acids is 4. The van der Waals surface area contributed by atoms with Gasteiger partial charge in [-0.15, -0.1) is 11.3 Å². The number of aryl methyl sites for hydroxylation is 2. The number of para-hydroxylation sites is 1. The fourth-order valence-electron chi connectivity index (χ4n) is 4.03. The molecule has 2 aromatic carbocycles. The molecule has 0 saturated carbocycles. The molecule has 0 saturated heterocycles. The number of carbonyl (C=O) groups is 4. The van der Waals surface area contributed by atoms with Crippen molar-refractivity contribution in [3.8, 4) is 5.75 Å². The Morgan fingerprint density at radius 3 is 2.35 bits per heavy atom. The topological polar surface area (TPSA) is 123 Å². The van der Waals surface area contributed by atoms with Gasteiger partial charge in [-0.3, -0.25) is 9.59 Å². The zero-order valence-electron chi connectivity index (χ0n) is 20.5. The van der Waals surface area contributed by atoms with Crippen molar-refractivity contribution in [2.75, 3.05) is 12.4 Å². The van der Waals surface area contributed by atoms with Gasteiger partial charge in [-0.25, -0.2) is 15.0 Å². The number of amides is 2. The third kappa shape index (κ3) is 5.59. The minimum absolute atomic E-state index is 0.256. The van der Waals surface area contributed by atoms with E-state index in [9.17, 15) is 19.2 Å². The molecule has 1 heterocycles. The van der Waals surface area contributed by atoms with Crippen LogP contribution in [-0.4, -0.2) is 36.6 Å². The van der Waals surface area contributed by atoms with E-state index in [-0.39, 0.29) is 10.8 Å². The number of ether oxygens (including phenoxy) is 2. The number of thiophene rings is 1. The van der Waals surface area contributed by atoms with Crippen LogP contribution in [0, 0.1) is 6.92 Å². The van der Waals surface area contributed by atoms with Gasteiger partial charge in [0.05, 0.1) is 23.9 Å². The number of nitrogens with zero attached hydrogens (tertiary/aromatic N) is 1. The highest BCUT2D eigenvalue weighted by atomic mass is 32.1. The van der Waals surface area contributed by atoms with Gasteiger partial charge in [0.15, 0.2) is 0 Å². The second kappa shape index (κ2) is 11.2. The minimum atomic E-state index is -1.02. The van der Waals surface area contributed by atoms with Crippen LogP contribution in [0.3, 0.4) is 0 Å². The van der Waals surface area contributed by atoms with Crippen molar-refractivity contribution in [1.82, 2.24) is 5.43 Å². The molecule has 1 aromatic heterocycles. The van der Waals surface area contributed by atoms with Gasteiger partial charge in [0, 0.05) is 10.4 Å². The monoisotopic (exact) mass is 519 g/mol. The Morgan fingerprint density at radius 2 is 1.62 bits per heavy atom. The van der Waals surface area contributed by atoms with Gasteiger partial charge in [-0.1, -0.05) is 30.3 Å². The Balaban J connectivity index is 1.46. The van der Waals surface area contributed by atoms with Gasteiger partial charge >= 0.3 is 23.8 Å². The van der Waals surface area contributed by atoms with E-state index in [1.165, 1.54) is 18.4 Å². The fourth-order valence-corrected chi connectivity index (χ4v) is 5.30. The quantitative estimate of drug-likeness (QED) is 0.167. The Bertz CT molecular complexity index is 1430. The summed E-state index contributed by atoms with van der Waals surface area (Å²) in [6.45, 7) is 3.42. The lowest BCUT2D eigenvalue weighted by atomic mass is 10.1. The molecule has 10 heteroatoms. The number of hydrazone groups is 1. The van der Waals surface area contributed by atoms with Gasteiger partial charge in [0.25, 0.3) is 0 Å². The number of nitrogens with one attached hydrogen (secondary N) is 2. The average molecular weight is 520 g/mol. The highest BCUT2D eigenvalue weighted by Crippen LogP contribution is 2.39. The molecule has 0 bridgehead atoms. The SMILES string of the molecule is COC(=O)c1c(NC(=O)C(=O)N/N=C(\C)c2ccccc2OC(=O)c2ccccc2C)sc2c1CCC2. The van der Waals surface area contributed by atoms with Crippen LogP contribution in [-0.2, 0) is 27.2 Å². The highest BCUT2D eigenvalue weighted by molar-refractivity contribution is 7.17. The molecule has 2 N–H and O–H groups in total. The smallest absolute Gasteiger partial charge is 0.343 e. The van der Waals surface area contributed by atoms with Gasteiger partial charge < -0.3 is 14.8 Å². The Morgan fingerprint density at radius 1 is 0.919 bits per heavy atom. The fraction of sp³-hybridized carbons (Fsp3) is 0.222. The maximum atomic E-state index is 12.7. The predicted octanol–water partition coefficient (Wildman–Crippen LogP) is 4.03. The van der Waals surface area contributed by atoms with E-state index in [1.807, 2.05) is 19.1 Å². The molecule has 0 radical (unpaired) electrons. The summed E-state index contributed by atoms with van der Waals surface area (Å²) in [6, 6.07) is 13.8. The number of hydrogen-bond donors (Lipinski definition) is 2. The van der Waals surface area contributed by atoms with Crippen molar-refractivity contribution in [2.45, 2.75) is 33.1 Å². The van der Waals surface area contributed by atoms with Crippen LogP contribution in [0.1, 0.15) is 55.6 Å². The van der Waals surface area contributed by atoms with Gasteiger partial charge in [-0.05, 0) is 62.4 Å². The lowest BCUT2D eigenvalue weighted by Gasteiger charge is -2.11. The molecule has 0 spiro atoms. The Kier molecular flexibility index (Phi) is 7.78. The first-order valence-corrected chi connectivity index (χ1v) is 12.4. The highest BCUT2D eigenvalue weighted by Gasteiger charge is 2.29. The third-order valence-electron chi connectivity index (χ3n) is 5.91. The number of rotatable bonds is 6. The second-order valence-corrected chi connectivity index (χ2v) is 9.45. The van der Waals surface area contributed by atoms with Crippen LogP contribution in [0.25, 0.3) is 0 Å². The summed E-state index contributed by atoms with van der Waals surface area (Å²) in [5.74, 6) is -2.81. The predicted molar refractivity (Wildman–Crippen MR) is 139 cm³/mol. The van der Waals surface area contributed by atoms with Crippen LogP contribution >= 0.6 is 11.3 Å². The number of fused-ring (bicyclic) bond motifs is 1. The average Bonchev–Trinajstić information content (AvgIpc) is 3.48. The first kappa shape index (κ1) is 25.8. The van der Waals surface area contributed by atoms with Crippen molar-refractivity contribution in [3.05, 3.63) is 81.2 Å². The van der Waals surface area contributed by atoms with Crippen LogP contribution in [0.5, 0.6) is 5.75 Å². The van der Waals surface area contributed by atoms with E-state index in [4.69, 9.17) is 9.47 Å². The first-order valence-electron chi connectivity index (χ1n) is 11.6. The number of benzene rings is 2. The van der Waals surface area contributed by atoms with E-state index in [2.05, 4.69) is 15.8 Å². The van der Waals surface area contributed by atoms with Crippen LogP contribution in [0.2, 0.25) is 0 Å². The van der Waals surface area contributed by atoms with Crippen molar-refractivity contribution in [2.24, 2.45) is 5.10 Å². The molecule has 0 atom stereocenters. The lowest BCUT2D eigenvalue weighted by molar-refractivity contribution is -0.136. The lowest BCUT2D eigenvalue weighted by Crippen LogP contribution is -2.33. The summed E-state index contributed by atoms with van der Waals surface area (Å²) in [6.07, 6.45) is 2.45. The van der Waals surface area contributed by atoms with E-state index in [1.54, 1.807) is 43.3 Å². The molecule has 4 rings (SSSR count). The Hall–Kier alpha value is -4.31. The zero-order valence-corrected chi connectivity index (χ0v) is 21.4. The van der Waals surface area contributed by atoms with Crippen LogP contribution in [0.15, 0.2) is 53.6 Å². The largest absolute Gasteiger partial charge is 0.465 e. The summed E-state index contributed by atoms with van der Waals surface area (Å²) in [5, 5.41) is 6.81. The maximum absolute atomic E-state index is 12.7. The summed E-state index contributed by atoms with van der Waals surface area (Å²) < 4.78 is 10.5. The summed E-state index contributed by atoms with van der Waals surface area (Å²) in [7, 11) is 1.27. The summed E-state index contributed by atoms with van der Waals surface area (Å²) >= 11 is 1.27. The number of methoxy groups -OCH3 is 1. The van der Waals surface area contributed by atoms with E-state index in [0.29, 0.717) is 22.4 Å². The molecule has 3 aromatic rings. The molecule has 2 amide bonds. The van der Waals surface area contributed by atoms with Crippen molar-refractivity contribution >= 4 is 45.8 Å². The number of hydrogen-bond acceptors (Lipinski definition) is 8. The summed E-state index contributed by atoms with van der Waals surface area (Å²) in [5.41, 5.74) is 5.37. The van der Waals surface area contributed by atoms with Gasteiger partial charge in [0.2, 0.25) is 0 Å². The van der Waals surface area contributed by atoms with E-state index >= 15 is 0 Å². The first-order chi connectivity index (χ1) is 17.8. The molecule has 0 aliphatic heterocycles. The third-order valence-corrected chi connectivity index (χ3v) is 7.12. The van der Waals surface area contributed by atoms with Crippen molar-refractivity contribution in [3.63, 3.8) is 0 Å². The van der Waals surface area contributed by atoms with Gasteiger partial charge in [-0.2, -0.15) is 5.10 Å². The minimum Gasteiger partial charge on any atom is -0.465 e. The normalized spacial score (nSPS) is 12.5. The van der Waals surface area contributed by atoms with Crippen molar-refractivity contribution in [1.29, 1.82) is 0 Å². The molecule has 37 heavy (non-hydrogen) atoms. The van der Waals surface area contributed by atoms with E-state index in [0.717, 1.165) is 35.3 Å². The molecule has 190 valence electrons. The van der Waals surface area contributed by atoms with Crippen LogP contribution in [0.4, 0.5) is 5.00 Å². The zero-order chi connectivity index (χ0) is 26.5. The molecule has 0 unspecified atom stereocenters. The molecule has 1 aliphatic rings.